The first-order valence-electron chi connectivity index (χ1n) is 8.08. The van der Waals surface area contributed by atoms with Crippen LogP contribution in [0.4, 0.5) is 11.5 Å². The van der Waals surface area contributed by atoms with Gasteiger partial charge in [-0.25, -0.2) is 9.97 Å². The summed E-state index contributed by atoms with van der Waals surface area (Å²) in [7, 11) is 0. The van der Waals surface area contributed by atoms with E-state index >= 15 is 0 Å². The summed E-state index contributed by atoms with van der Waals surface area (Å²) in [4.78, 5) is 9.35. The average molecular weight is 311 g/mol. The molecule has 3 aromatic heterocycles. The highest BCUT2D eigenvalue weighted by Gasteiger charge is 2.28. The van der Waals surface area contributed by atoms with Crippen molar-refractivity contribution in [3.05, 3.63) is 23.4 Å². The summed E-state index contributed by atoms with van der Waals surface area (Å²) < 4.78 is 2.03. The normalized spacial score (nSPS) is 14.8. The Kier molecular flexibility index (Phi) is 3.11. The van der Waals surface area contributed by atoms with Crippen LogP contribution < -0.4 is 5.32 Å². The van der Waals surface area contributed by atoms with E-state index in [1.807, 2.05) is 11.6 Å². The molecule has 0 saturated heterocycles. The summed E-state index contributed by atoms with van der Waals surface area (Å²) in [5, 5.41) is 15.2. The van der Waals surface area contributed by atoms with Crippen molar-refractivity contribution in [3.63, 3.8) is 0 Å². The number of aromatic amines is 1. The molecule has 7 nitrogen and oxygen atoms in total. The molecule has 1 fully saturated rings. The highest BCUT2D eigenvalue weighted by Crippen LogP contribution is 2.39. The predicted octanol–water partition coefficient (Wildman–Crippen LogP) is 3.37. The van der Waals surface area contributed by atoms with Crippen LogP contribution in [0.3, 0.4) is 0 Å². The molecule has 0 radical (unpaired) electrons. The maximum atomic E-state index is 4.74. The van der Waals surface area contributed by atoms with Crippen LogP contribution in [-0.4, -0.2) is 29.9 Å². The first-order valence-corrected chi connectivity index (χ1v) is 8.08. The molecule has 0 atom stereocenters. The molecular formula is C16H21N7. The number of rotatable bonds is 4. The van der Waals surface area contributed by atoms with Crippen LogP contribution in [0.2, 0.25) is 0 Å². The van der Waals surface area contributed by atoms with Crippen molar-refractivity contribution in [1.82, 2.24) is 29.9 Å². The third-order valence-electron chi connectivity index (χ3n) is 4.32. The van der Waals surface area contributed by atoms with Crippen molar-refractivity contribution in [3.8, 4) is 0 Å². The third kappa shape index (κ3) is 2.36. The van der Waals surface area contributed by atoms with Crippen molar-refractivity contribution in [1.29, 1.82) is 0 Å². The molecule has 0 aromatic carbocycles. The summed E-state index contributed by atoms with van der Waals surface area (Å²) in [6.07, 6.45) is 4.10. The van der Waals surface area contributed by atoms with E-state index in [1.54, 1.807) is 6.20 Å². The smallest absolute Gasteiger partial charge is 0.160 e. The number of hydrogen-bond donors (Lipinski definition) is 2. The van der Waals surface area contributed by atoms with Gasteiger partial charge in [-0.05, 0) is 40.5 Å². The van der Waals surface area contributed by atoms with Crippen molar-refractivity contribution in [2.24, 2.45) is 0 Å². The molecule has 0 bridgehead atoms. The molecule has 0 aliphatic heterocycles. The Morgan fingerprint density at radius 2 is 2.04 bits per heavy atom. The Bertz CT molecular complexity index is 870. The minimum absolute atomic E-state index is 0.323. The Balaban J connectivity index is 1.79. The Morgan fingerprint density at radius 1 is 1.26 bits per heavy atom. The lowest BCUT2D eigenvalue weighted by molar-refractivity contribution is 0.516. The summed E-state index contributed by atoms with van der Waals surface area (Å²) in [6, 6.07) is 0.323. The molecule has 2 N–H and O–H groups in total. The number of anilines is 2. The molecule has 1 aliphatic rings. The second kappa shape index (κ2) is 5.04. The van der Waals surface area contributed by atoms with Gasteiger partial charge in [0.25, 0.3) is 0 Å². The standard InChI is InChI=1S/C16H21N7/c1-8(2)23-10(4)13(9(3)22-23)19-16-14-12(7-17-21-14)18-15(20-16)11-5-6-11/h7-8,11H,5-6H2,1-4H3,(H,17,21)(H,18,19,20). The monoisotopic (exact) mass is 311 g/mol. The lowest BCUT2D eigenvalue weighted by Gasteiger charge is -2.11. The van der Waals surface area contributed by atoms with E-state index in [4.69, 9.17) is 4.98 Å². The van der Waals surface area contributed by atoms with Crippen molar-refractivity contribution in [2.75, 3.05) is 5.32 Å². The molecule has 0 spiro atoms. The number of nitrogens with zero attached hydrogens (tertiary/aromatic N) is 5. The minimum atomic E-state index is 0.323. The maximum absolute atomic E-state index is 4.74. The second-order valence-electron chi connectivity index (χ2n) is 6.54. The first kappa shape index (κ1) is 14.2. The molecule has 1 saturated carbocycles. The molecule has 120 valence electrons. The topological polar surface area (TPSA) is 84.3 Å². The molecule has 1 aliphatic carbocycles. The average Bonchev–Trinajstić information content (AvgIpc) is 3.19. The van der Waals surface area contributed by atoms with Gasteiger partial charge < -0.3 is 5.32 Å². The zero-order chi connectivity index (χ0) is 16.1. The fourth-order valence-electron chi connectivity index (χ4n) is 2.94. The summed E-state index contributed by atoms with van der Waals surface area (Å²) in [5.74, 6) is 2.19. The van der Waals surface area contributed by atoms with E-state index < -0.39 is 0 Å². The van der Waals surface area contributed by atoms with Gasteiger partial charge in [-0.15, -0.1) is 0 Å². The van der Waals surface area contributed by atoms with E-state index in [9.17, 15) is 0 Å². The van der Waals surface area contributed by atoms with Gasteiger partial charge >= 0.3 is 0 Å². The summed E-state index contributed by atoms with van der Waals surface area (Å²) in [5.41, 5.74) is 4.78. The SMILES string of the molecule is Cc1nn(C(C)C)c(C)c1Nc1nc(C2CC2)nc2cn[nH]c12. The van der Waals surface area contributed by atoms with Crippen LogP contribution >= 0.6 is 0 Å². The van der Waals surface area contributed by atoms with Gasteiger partial charge in [-0.3, -0.25) is 9.78 Å². The van der Waals surface area contributed by atoms with E-state index in [1.165, 1.54) is 12.8 Å². The van der Waals surface area contributed by atoms with Crippen LogP contribution in [0.25, 0.3) is 11.0 Å². The van der Waals surface area contributed by atoms with Gasteiger partial charge in [0.05, 0.1) is 23.3 Å². The molecule has 7 heteroatoms. The van der Waals surface area contributed by atoms with Crippen molar-refractivity contribution in [2.45, 2.75) is 52.5 Å². The summed E-state index contributed by atoms with van der Waals surface area (Å²) in [6.45, 7) is 8.36. The van der Waals surface area contributed by atoms with Crippen molar-refractivity contribution >= 4 is 22.5 Å². The van der Waals surface area contributed by atoms with E-state index in [-0.39, 0.29) is 0 Å². The van der Waals surface area contributed by atoms with Gasteiger partial charge in [-0.2, -0.15) is 10.2 Å². The highest BCUT2D eigenvalue weighted by atomic mass is 15.3. The number of fused-ring (bicyclic) bond motifs is 1. The number of aryl methyl sites for hydroxylation is 1. The molecule has 3 aromatic rings. The summed E-state index contributed by atoms with van der Waals surface area (Å²) >= 11 is 0. The van der Waals surface area contributed by atoms with Crippen LogP contribution in [0.15, 0.2) is 6.20 Å². The Morgan fingerprint density at radius 3 is 2.70 bits per heavy atom. The first-order chi connectivity index (χ1) is 11.0. The fraction of sp³-hybridized carbons (Fsp3) is 0.500. The van der Waals surface area contributed by atoms with Gasteiger partial charge in [0.1, 0.15) is 16.9 Å². The molecule has 4 rings (SSSR count). The zero-order valence-corrected chi connectivity index (χ0v) is 13.9. The van der Waals surface area contributed by atoms with Crippen LogP contribution in [-0.2, 0) is 0 Å². The lowest BCUT2D eigenvalue weighted by atomic mass is 10.3. The second-order valence-corrected chi connectivity index (χ2v) is 6.54. The van der Waals surface area contributed by atoms with E-state index in [0.717, 1.165) is 39.8 Å². The lowest BCUT2D eigenvalue weighted by Crippen LogP contribution is -2.06. The highest BCUT2D eigenvalue weighted by molar-refractivity contribution is 5.87. The quantitative estimate of drug-likeness (QED) is 0.771. The fourth-order valence-corrected chi connectivity index (χ4v) is 2.94. The predicted molar refractivity (Wildman–Crippen MR) is 89.0 cm³/mol. The molecule has 0 amide bonds. The van der Waals surface area contributed by atoms with Crippen molar-refractivity contribution < 1.29 is 0 Å². The molecule has 3 heterocycles. The number of nitrogens with one attached hydrogen (secondary N) is 2. The van der Waals surface area contributed by atoms with Gasteiger partial charge in [0.2, 0.25) is 0 Å². The largest absolute Gasteiger partial charge is 0.335 e. The maximum Gasteiger partial charge on any atom is 0.160 e. The number of hydrogen-bond acceptors (Lipinski definition) is 5. The van der Waals surface area contributed by atoms with E-state index in [0.29, 0.717) is 12.0 Å². The Labute approximate surface area is 134 Å². The van der Waals surface area contributed by atoms with Crippen LogP contribution in [0, 0.1) is 13.8 Å². The van der Waals surface area contributed by atoms with Gasteiger partial charge in [0.15, 0.2) is 5.82 Å². The van der Waals surface area contributed by atoms with Gasteiger partial charge in [-0.1, -0.05) is 0 Å². The molecule has 0 unspecified atom stereocenters. The molecular weight excluding hydrogens is 290 g/mol. The molecule has 23 heavy (non-hydrogen) atoms. The number of H-pyrrole nitrogens is 1. The number of aromatic nitrogens is 6. The zero-order valence-electron chi connectivity index (χ0n) is 13.9. The van der Waals surface area contributed by atoms with Gasteiger partial charge in [0, 0.05) is 12.0 Å². The van der Waals surface area contributed by atoms with Crippen LogP contribution in [0.1, 0.15) is 55.9 Å². The third-order valence-corrected chi connectivity index (χ3v) is 4.32. The van der Waals surface area contributed by atoms with Crippen LogP contribution in [0.5, 0.6) is 0 Å². The van der Waals surface area contributed by atoms with E-state index in [2.05, 4.69) is 46.4 Å². The Hall–Kier alpha value is -2.44. The minimum Gasteiger partial charge on any atom is -0.335 e.